The average molecular weight is 443 g/mol. The number of amides is 1. The maximum absolute atomic E-state index is 13.0. The summed E-state index contributed by atoms with van der Waals surface area (Å²) in [6.45, 7) is 1.70. The van der Waals surface area contributed by atoms with Gasteiger partial charge in [-0.25, -0.2) is 8.42 Å². The van der Waals surface area contributed by atoms with Crippen molar-refractivity contribution in [3.8, 4) is 0 Å². The van der Waals surface area contributed by atoms with Gasteiger partial charge in [0, 0.05) is 18.1 Å². The largest absolute Gasteiger partial charge is 0.378 e. The monoisotopic (exact) mass is 442 g/mol. The van der Waals surface area contributed by atoms with E-state index in [2.05, 4.69) is 4.72 Å². The molecule has 6 nitrogen and oxygen atoms in total. The first-order valence-corrected chi connectivity index (χ1v) is 11.0. The van der Waals surface area contributed by atoms with Gasteiger partial charge in [-0.1, -0.05) is 53.5 Å². The van der Waals surface area contributed by atoms with Gasteiger partial charge in [0.15, 0.2) is 0 Å². The lowest BCUT2D eigenvalue weighted by molar-refractivity contribution is -0.137. The highest BCUT2D eigenvalue weighted by molar-refractivity contribution is 7.89. The lowest BCUT2D eigenvalue weighted by Gasteiger charge is -2.30. The Hall–Kier alpha value is -1.64. The Labute approximate surface area is 174 Å². The van der Waals surface area contributed by atoms with Crippen molar-refractivity contribution in [2.24, 2.45) is 0 Å². The number of rotatable bonds is 6. The van der Waals surface area contributed by atoms with Crippen molar-refractivity contribution in [1.29, 1.82) is 0 Å². The number of benzene rings is 2. The Balaban J connectivity index is 1.89. The third-order valence-corrected chi connectivity index (χ3v) is 6.57. The summed E-state index contributed by atoms with van der Waals surface area (Å²) >= 11 is 12.0. The summed E-state index contributed by atoms with van der Waals surface area (Å²) in [5.41, 5.74) is 0.842. The van der Waals surface area contributed by atoms with Crippen LogP contribution in [0.25, 0.3) is 0 Å². The van der Waals surface area contributed by atoms with Crippen molar-refractivity contribution in [2.75, 3.05) is 26.3 Å². The summed E-state index contributed by atoms with van der Waals surface area (Å²) in [7, 11) is -4.06. The summed E-state index contributed by atoms with van der Waals surface area (Å²) in [5.74, 6) is -0.297. The summed E-state index contributed by atoms with van der Waals surface area (Å²) in [4.78, 5) is 14.5. The predicted octanol–water partition coefficient (Wildman–Crippen LogP) is 2.74. The molecule has 0 aliphatic carbocycles. The first kappa shape index (κ1) is 21.1. The third kappa shape index (κ3) is 5.24. The van der Waals surface area contributed by atoms with E-state index in [9.17, 15) is 13.2 Å². The quantitative estimate of drug-likeness (QED) is 0.745. The molecule has 3 rings (SSSR count). The fraction of sp³-hybridized carbons (Fsp3) is 0.316. The molecule has 1 aliphatic heterocycles. The van der Waals surface area contributed by atoms with Crippen molar-refractivity contribution in [2.45, 2.75) is 17.4 Å². The molecule has 0 spiro atoms. The van der Waals surface area contributed by atoms with Crippen LogP contribution < -0.4 is 4.72 Å². The summed E-state index contributed by atoms with van der Waals surface area (Å²) < 4.78 is 33.7. The number of ether oxygens (including phenoxy) is 1. The van der Waals surface area contributed by atoms with Crippen molar-refractivity contribution in [3.63, 3.8) is 0 Å². The molecule has 0 bridgehead atoms. The number of hydrogen-bond acceptors (Lipinski definition) is 4. The SMILES string of the molecule is O=C(C(Cc1ccccc1)NS(=O)(=O)c1cc(Cl)ccc1Cl)N1CCOCC1. The first-order chi connectivity index (χ1) is 13.4. The van der Waals surface area contributed by atoms with E-state index in [1.165, 1.54) is 18.2 Å². The lowest BCUT2D eigenvalue weighted by atomic mass is 10.1. The van der Waals surface area contributed by atoms with Crippen molar-refractivity contribution in [3.05, 3.63) is 64.1 Å². The van der Waals surface area contributed by atoms with Gasteiger partial charge in [-0.3, -0.25) is 4.79 Å². The second-order valence-corrected chi connectivity index (χ2v) is 8.90. The molecule has 0 radical (unpaired) electrons. The van der Waals surface area contributed by atoms with Gasteiger partial charge in [0.1, 0.15) is 10.9 Å². The zero-order chi connectivity index (χ0) is 20.1. The second-order valence-electron chi connectivity index (χ2n) is 6.38. The number of hydrogen-bond donors (Lipinski definition) is 1. The number of nitrogens with zero attached hydrogens (tertiary/aromatic N) is 1. The summed E-state index contributed by atoms with van der Waals surface area (Å²) in [6.07, 6.45) is 0.217. The van der Waals surface area contributed by atoms with Gasteiger partial charge >= 0.3 is 0 Å². The van der Waals surface area contributed by atoms with Crippen LogP contribution >= 0.6 is 23.2 Å². The van der Waals surface area contributed by atoms with E-state index in [1.807, 2.05) is 30.3 Å². The molecule has 0 saturated carbocycles. The van der Waals surface area contributed by atoms with Gasteiger partial charge in [0.05, 0.1) is 18.2 Å². The van der Waals surface area contributed by atoms with Crippen LogP contribution in [-0.4, -0.2) is 51.6 Å². The van der Waals surface area contributed by atoms with Gasteiger partial charge in [0.2, 0.25) is 15.9 Å². The molecule has 1 N–H and O–H groups in total. The molecule has 1 unspecified atom stereocenters. The zero-order valence-electron chi connectivity index (χ0n) is 15.0. The minimum Gasteiger partial charge on any atom is -0.378 e. The van der Waals surface area contributed by atoms with Gasteiger partial charge in [0.25, 0.3) is 0 Å². The molecule has 1 atom stereocenters. The van der Waals surface area contributed by atoms with Gasteiger partial charge in [-0.15, -0.1) is 0 Å². The van der Waals surface area contributed by atoms with E-state index >= 15 is 0 Å². The highest BCUT2D eigenvalue weighted by Crippen LogP contribution is 2.25. The van der Waals surface area contributed by atoms with Crippen molar-refractivity contribution < 1.29 is 17.9 Å². The molecule has 150 valence electrons. The van der Waals surface area contributed by atoms with Crippen LogP contribution in [0.1, 0.15) is 5.56 Å². The van der Waals surface area contributed by atoms with Gasteiger partial charge in [-0.05, 0) is 30.2 Å². The number of carbonyl (C=O) groups is 1. The van der Waals surface area contributed by atoms with Crippen molar-refractivity contribution in [1.82, 2.24) is 9.62 Å². The normalized spacial score (nSPS) is 16.0. The predicted molar refractivity (Wildman–Crippen MR) is 108 cm³/mol. The van der Waals surface area contributed by atoms with E-state index in [4.69, 9.17) is 27.9 Å². The van der Waals surface area contributed by atoms with E-state index in [0.29, 0.717) is 26.3 Å². The Morgan fingerprint density at radius 3 is 2.46 bits per heavy atom. The van der Waals surface area contributed by atoms with Crippen LogP contribution in [0.15, 0.2) is 53.4 Å². The smallest absolute Gasteiger partial charge is 0.242 e. The number of carbonyl (C=O) groups excluding carboxylic acids is 1. The fourth-order valence-electron chi connectivity index (χ4n) is 2.97. The Morgan fingerprint density at radius 1 is 1.11 bits per heavy atom. The van der Waals surface area contributed by atoms with Crippen LogP contribution in [0.3, 0.4) is 0 Å². The maximum atomic E-state index is 13.0. The molecule has 9 heteroatoms. The molecule has 1 heterocycles. The molecule has 1 amide bonds. The second kappa shape index (κ2) is 9.24. The first-order valence-electron chi connectivity index (χ1n) is 8.74. The zero-order valence-corrected chi connectivity index (χ0v) is 17.3. The Bertz CT molecular complexity index is 932. The third-order valence-electron chi connectivity index (χ3n) is 4.38. The van der Waals surface area contributed by atoms with Crippen LogP contribution in [0.2, 0.25) is 10.0 Å². The lowest BCUT2D eigenvalue weighted by Crippen LogP contribution is -2.52. The molecular formula is C19H20Cl2N2O4S. The molecular weight excluding hydrogens is 423 g/mol. The average Bonchev–Trinajstić information content (AvgIpc) is 2.70. The van der Waals surface area contributed by atoms with E-state index in [1.54, 1.807) is 4.90 Å². The number of halogens is 2. The van der Waals surface area contributed by atoms with Crippen LogP contribution in [-0.2, 0) is 26.0 Å². The van der Waals surface area contributed by atoms with Crippen molar-refractivity contribution >= 4 is 39.1 Å². The Kier molecular flexibility index (Phi) is 6.95. The topological polar surface area (TPSA) is 75.7 Å². The number of sulfonamides is 1. The molecule has 1 fully saturated rings. The molecule has 2 aromatic carbocycles. The van der Waals surface area contributed by atoms with Gasteiger partial charge < -0.3 is 9.64 Å². The van der Waals surface area contributed by atoms with Gasteiger partial charge in [-0.2, -0.15) is 4.72 Å². The van der Waals surface area contributed by atoms with Crippen LogP contribution in [0, 0.1) is 0 Å². The fourth-order valence-corrected chi connectivity index (χ4v) is 4.92. The molecule has 0 aromatic heterocycles. The Morgan fingerprint density at radius 2 is 1.79 bits per heavy atom. The molecule has 1 aliphatic rings. The highest BCUT2D eigenvalue weighted by Gasteiger charge is 2.31. The molecule has 2 aromatic rings. The van der Waals surface area contributed by atoms with E-state index < -0.39 is 16.1 Å². The number of morpholine rings is 1. The minimum absolute atomic E-state index is 0.0363. The molecule has 1 saturated heterocycles. The van der Waals surface area contributed by atoms with E-state index in [0.717, 1.165) is 5.56 Å². The van der Waals surface area contributed by atoms with E-state index in [-0.39, 0.29) is 27.3 Å². The summed E-state index contributed by atoms with van der Waals surface area (Å²) in [6, 6.07) is 12.4. The molecule has 28 heavy (non-hydrogen) atoms. The van der Waals surface area contributed by atoms with Crippen LogP contribution in [0.4, 0.5) is 0 Å². The maximum Gasteiger partial charge on any atom is 0.242 e. The highest BCUT2D eigenvalue weighted by atomic mass is 35.5. The summed E-state index contributed by atoms with van der Waals surface area (Å²) in [5, 5.41) is 0.276. The van der Waals surface area contributed by atoms with Crippen LogP contribution in [0.5, 0.6) is 0 Å². The standard InChI is InChI=1S/C19H20Cl2N2O4S/c20-15-6-7-16(21)18(13-15)28(25,26)22-17(12-14-4-2-1-3-5-14)19(24)23-8-10-27-11-9-23/h1-7,13,17,22H,8-12H2. The number of nitrogens with one attached hydrogen (secondary N) is 1. The minimum atomic E-state index is -4.06.